The number of carbonyl (C=O) groups is 4. The lowest BCUT2D eigenvalue weighted by Gasteiger charge is -2.36. The quantitative estimate of drug-likeness (QED) is 0.707. The molecular formula is C21H26N4O4. The average Bonchev–Trinajstić information content (AvgIpc) is 2.94. The van der Waals surface area contributed by atoms with Crippen molar-refractivity contribution < 1.29 is 19.2 Å². The molecule has 4 amide bonds. The van der Waals surface area contributed by atoms with Crippen molar-refractivity contribution in [2.45, 2.75) is 51.2 Å². The first-order chi connectivity index (χ1) is 14.0. The molecular weight excluding hydrogens is 372 g/mol. The number of amides is 4. The number of nitrogens with zero attached hydrogens (tertiary/aromatic N) is 2. The molecule has 154 valence electrons. The van der Waals surface area contributed by atoms with Crippen molar-refractivity contribution in [2.24, 2.45) is 0 Å². The Labute approximate surface area is 169 Å². The molecule has 3 heterocycles. The molecule has 2 atom stereocenters. The molecule has 8 heteroatoms. The first kappa shape index (κ1) is 19.7. The van der Waals surface area contributed by atoms with E-state index < -0.39 is 23.8 Å². The van der Waals surface area contributed by atoms with E-state index in [9.17, 15) is 19.2 Å². The molecule has 3 aliphatic rings. The van der Waals surface area contributed by atoms with Crippen LogP contribution in [0.15, 0.2) is 18.2 Å². The molecule has 1 aromatic rings. The molecule has 0 bridgehead atoms. The normalized spacial score (nSPS) is 25.3. The Morgan fingerprint density at radius 1 is 1.10 bits per heavy atom. The topological polar surface area (TPSA) is 98.8 Å². The number of piperidine rings is 1. The summed E-state index contributed by atoms with van der Waals surface area (Å²) in [5.41, 5.74) is 1.66. The zero-order valence-electron chi connectivity index (χ0n) is 16.6. The van der Waals surface area contributed by atoms with Gasteiger partial charge in [-0.1, -0.05) is 19.4 Å². The van der Waals surface area contributed by atoms with Crippen molar-refractivity contribution >= 4 is 23.6 Å². The SMILES string of the molecule is CCCC1CNCCN1Cc1ccc2c(c1)C(=O)N(C1CCC(=O)NC1=O)C2=O. The van der Waals surface area contributed by atoms with Gasteiger partial charge in [0.05, 0.1) is 11.1 Å². The molecule has 2 N–H and O–H groups in total. The highest BCUT2D eigenvalue weighted by Crippen LogP contribution is 2.29. The highest BCUT2D eigenvalue weighted by atomic mass is 16.2. The predicted molar refractivity (Wildman–Crippen MR) is 105 cm³/mol. The van der Waals surface area contributed by atoms with Gasteiger partial charge in [0.15, 0.2) is 0 Å². The van der Waals surface area contributed by atoms with Crippen molar-refractivity contribution in [1.82, 2.24) is 20.4 Å². The Balaban J connectivity index is 1.54. The van der Waals surface area contributed by atoms with Crippen LogP contribution in [0.1, 0.15) is 58.9 Å². The van der Waals surface area contributed by atoms with Crippen molar-refractivity contribution in [2.75, 3.05) is 19.6 Å². The van der Waals surface area contributed by atoms with Gasteiger partial charge in [-0.05, 0) is 30.5 Å². The lowest BCUT2D eigenvalue weighted by Crippen LogP contribution is -2.54. The highest BCUT2D eigenvalue weighted by molar-refractivity contribution is 6.23. The zero-order valence-corrected chi connectivity index (χ0v) is 16.6. The molecule has 2 unspecified atom stereocenters. The van der Waals surface area contributed by atoms with Crippen molar-refractivity contribution in [1.29, 1.82) is 0 Å². The van der Waals surface area contributed by atoms with Gasteiger partial charge in [-0.2, -0.15) is 0 Å². The van der Waals surface area contributed by atoms with Crippen LogP contribution < -0.4 is 10.6 Å². The minimum atomic E-state index is -0.925. The van der Waals surface area contributed by atoms with Crippen molar-refractivity contribution in [3.8, 4) is 0 Å². The van der Waals surface area contributed by atoms with E-state index in [0.717, 1.165) is 49.5 Å². The van der Waals surface area contributed by atoms with Crippen molar-refractivity contribution in [3.63, 3.8) is 0 Å². The number of hydrogen-bond acceptors (Lipinski definition) is 6. The smallest absolute Gasteiger partial charge is 0.262 e. The largest absolute Gasteiger partial charge is 0.314 e. The molecule has 0 spiro atoms. The minimum absolute atomic E-state index is 0.122. The Bertz CT molecular complexity index is 866. The summed E-state index contributed by atoms with van der Waals surface area (Å²) in [7, 11) is 0. The third kappa shape index (κ3) is 3.70. The Kier molecular flexibility index (Phi) is 5.47. The second-order valence-electron chi connectivity index (χ2n) is 7.94. The van der Waals surface area contributed by atoms with Gasteiger partial charge in [0.1, 0.15) is 6.04 Å². The third-order valence-corrected chi connectivity index (χ3v) is 5.98. The number of piperazine rings is 1. The average molecular weight is 398 g/mol. The molecule has 0 aromatic heterocycles. The van der Waals surface area contributed by atoms with E-state index in [1.165, 1.54) is 0 Å². The van der Waals surface area contributed by atoms with E-state index in [0.29, 0.717) is 17.2 Å². The molecule has 0 aliphatic carbocycles. The first-order valence-corrected chi connectivity index (χ1v) is 10.3. The summed E-state index contributed by atoms with van der Waals surface area (Å²) >= 11 is 0. The lowest BCUT2D eigenvalue weighted by molar-refractivity contribution is -0.136. The standard InChI is InChI=1S/C21H26N4O4/c1-2-3-14-11-22-8-9-24(14)12-13-4-5-15-16(10-13)21(29)25(20(15)28)17-6-7-18(26)23-19(17)27/h4-5,10,14,17,22H,2-3,6-9,11-12H2,1H3,(H,23,26,27). The first-order valence-electron chi connectivity index (χ1n) is 10.3. The van der Waals surface area contributed by atoms with Gasteiger partial charge < -0.3 is 5.32 Å². The van der Waals surface area contributed by atoms with E-state index in [1.807, 2.05) is 6.07 Å². The van der Waals surface area contributed by atoms with Crippen LogP contribution in [0, 0.1) is 0 Å². The molecule has 4 rings (SSSR count). The maximum Gasteiger partial charge on any atom is 0.262 e. The summed E-state index contributed by atoms with van der Waals surface area (Å²) in [5.74, 6) is -1.87. The number of nitrogens with one attached hydrogen (secondary N) is 2. The lowest BCUT2D eigenvalue weighted by atomic mass is 10.0. The molecule has 0 saturated carbocycles. The van der Waals surface area contributed by atoms with Gasteiger partial charge in [-0.25, -0.2) is 0 Å². The molecule has 3 aliphatic heterocycles. The van der Waals surface area contributed by atoms with Crippen LogP contribution in [0.4, 0.5) is 0 Å². The van der Waals surface area contributed by atoms with Gasteiger partial charge >= 0.3 is 0 Å². The fourth-order valence-electron chi connectivity index (χ4n) is 4.48. The van der Waals surface area contributed by atoms with Crippen LogP contribution in [0.2, 0.25) is 0 Å². The maximum absolute atomic E-state index is 13.0. The number of rotatable bonds is 5. The summed E-state index contributed by atoms with van der Waals surface area (Å²) in [6.07, 6.45) is 2.51. The summed E-state index contributed by atoms with van der Waals surface area (Å²) in [6.45, 7) is 5.73. The van der Waals surface area contributed by atoms with Crippen LogP contribution in [0.3, 0.4) is 0 Å². The number of fused-ring (bicyclic) bond motifs is 1. The molecule has 29 heavy (non-hydrogen) atoms. The van der Waals surface area contributed by atoms with Crippen molar-refractivity contribution in [3.05, 3.63) is 34.9 Å². The van der Waals surface area contributed by atoms with E-state index in [4.69, 9.17) is 0 Å². The zero-order chi connectivity index (χ0) is 20.5. The van der Waals surface area contributed by atoms with Gasteiger partial charge in [0.2, 0.25) is 11.8 Å². The van der Waals surface area contributed by atoms with E-state index in [2.05, 4.69) is 22.5 Å². The second-order valence-corrected chi connectivity index (χ2v) is 7.94. The predicted octanol–water partition coefficient (Wildman–Crippen LogP) is 0.662. The van der Waals surface area contributed by atoms with Crippen LogP contribution in [0.5, 0.6) is 0 Å². The van der Waals surface area contributed by atoms with Gasteiger partial charge in [0, 0.05) is 38.6 Å². The third-order valence-electron chi connectivity index (χ3n) is 5.98. The summed E-state index contributed by atoms with van der Waals surface area (Å²) in [4.78, 5) is 52.8. The number of hydrogen-bond donors (Lipinski definition) is 2. The number of carbonyl (C=O) groups excluding carboxylic acids is 4. The number of benzene rings is 1. The summed E-state index contributed by atoms with van der Waals surface area (Å²) in [5, 5.41) is 5.65. The van der Waals surface area contributed by atoms with E-state index in [-0.39, 0.29) is 18.7 Å². The van der Waals surface area contributed by atoms with Gasteiger partial charge in [-0.15, -0.1) is 0 Å². The Morgan fingerprint density at radius 2 is 1.90 bits per heavy atom. The van der Waals surface area contributed by atoms with E-state index in [1.54, 1.807) is 12.1 Å². The highest BCUT2D eigenvalue weighted by Gasteiger charge is 2.44. The van der Waals surface area contributed by atoms with Gasteiger partial charge in [-0.3, -0.25) is 34.3 Å². The Morgan fingerprint density at radius 3 is 2.66 bits per heavy atom. The van der Waals surface area contributed by atoms with Gasteiger partial charge in [0.25, 0.3) is 11.8 Å². The molecule has 2 fully saturated rings. The molecule has 2 saturated heterocycles. The Hall–Kier alpha value is -2.58. The molecule has 1 aromatic carbocycles. The van der Waals surface area contributed by atoms with Crippen LogP contribution in [-0.4, -0.2) is 65.1 Å². The fourth-order valence-corrected chi connectivity index (χ4v) is 4.48. The van der Waals surface area contributed by atoms with Crippen LogP contribution in [0.25, 0.3) is 0 Å². The second kappa shape index (κ2) is 8.04. The molecule has 8 nitrogen and oxygen atoms in total. The fraction of sp³-hybridized carbons (Fsp3) is 0.524. The maximum atomic E-state index is 13.0. The van der Waals surface area contributed by atoms with E-state index >= 15 is 0 Å². The minimum Gasteiger partial charge on any atom is -0.314 e. The monoisotopic (exact) mass is 398 g/mol. The summed E-state index contributed by atoms with van der Waals surface area (Å²) in [6, 6.07) is 4.90. The number of imide groups is 2. The summed E-state index contributed by atoms with van der Waals surface area (Å²) < 4.78 is 0. The molecule has 0 radical (unpaired) electrons. The van der Waals surface area contributed by atoms with Crippen LogP contribution in [-0.2, 0) is 16.1 Å². The van der Waals surface area contributed by atoms with Crippen LogP contribution >= 0.6 is 0 Å².